The van der Waals surface area contributed by atoms with Gasteiger partial charge in [-0.25, -0.2) is 0 Å². The first-order valence-electron chi connectivity index (χ1n) is 8.61. The van der Waals surface area contributed by atoms with E-state index in [9.17, 15) is 9.59 Å². The predicted molar refractivity (Wildman–Crippen MR) is 114 cm³/mol. The van der Waals surface area contributed by atoms with E-state index in [-0.39, 0.29) is 25.4 Å². The normalized spacial score (nSPS) is 10.1. The maximum atomic E-state index is 12.0. The van der Waals surface area contributed by atoms with Crippen LogP contribution >= 0.6 is 35.0 Å². The molecule has 2 aromatic carbocycles. The van der Waals surface area contributed by atoms with Crippen molar-refractivity contribution in [2.45, 2.75) is 17.7 Å². The molecule has 152 valence electrons. The zero-order valence-electron chi connectivity index (χ0n) is 15.3. The molecule has 2 aromatic rings. The van der Waals surface area contributed by atoms with Crippen molar-refractivity contribution in [2.24, 2.45) is 0 Å². The smallest absolute Gasteiger partial charge is 0.306 e. The lowest BCUT2D eigenvalue weighted by atomic mass is 10.3. The molecule has 0 aromatic heterocycles. The van der Waals surface area contributed by atoms with Gasteiger partial charge in [-0.3, -0.25) is 9.59 Å². The molecule has 0 bridgehead atoms. The maximum Gasteiger partial charge on any atom is 0.306 e. The third-order valence-corrected chi connectivity index (χ3v) is 4.97. The molecule has 1 amide bonds. The van der Waals surface area contributed by atoms with E-state index in [1.165, 1.54) is 11.8 Å². The topological polar surface area (TPSA) is 88.4 Å². The SMILES string of the molecule is N#CCSc1ccccc1NC(=O)COC(=O)CCCOc1ccc(Cl)cc1Cl. The van der Waals surface area contributed by atoms with E-state index in [1.54, 1.807) is 36.4 Å². The average Bonchev–Trinajstić information content (AvgIpc) is 2.70. The number of esters is 1. The van der Waals surface area contributed by atoms with Crippen molar-refractivity contribution in [1.29, 1.82) is 5.26 Å². The number of hydrogen-bond donors (Lipinski definition) is 1. The van der Waals surface area contributed by atoms with Gasteiger partial charge in [0.25, 0.3) is 5.91 Å². The molecule has 0 aliphatic carbocycles. The first-order valence-corrected chi connectivity index (χ1v) is 10.4. The Balaban J connectivity index is 1.68. The zero-order chi connectivity index (χ0) is 21.1. The van der Waals surface area contributed by atoms with Crippen LogP contribution in [0.3, 0.4) is 0 Å². The minimum atomic E-state index is -0.502. The van der Waals surface area contributed by atoms with Crippen LogP contribution in [0.25, 0.3) is 0 Å². The number of thioether (sulfide) groups is 1. The largest absolute Gasteiger partial charge is 0.492 e. The standard InChI is InChI=1S/C20H18Cl2N2O4S/c21-14-7-8-17(15(22)12-14)27-10-3-6-20(26)28-13-19(25)24-16-4-1-2-5-18(16)29-11-9-23/h1-2,4-5,7-8,12H,3,6,10-11,13H2,(H,24,25). The molecule has 0 fully saturated rings. The van der Waals surface area contributed by atoms with Crippen LogP contribution in [0.2, 0.25) is 10.0 Å². The third-order valence-electron chi connectivity index (χ3n) is 3.49. The van der Waals surface area contributed by atoms with Crippen LogP contribution in [-0.2, 0) is 14.3 Å². The Morgan fingerprint density at radius 3 is 2.72 bits per heavy atom. The Hall–Kier alpha value is -2.40. The Bertz CT molecular complexity index is 902. The van der Waals surface area contributed by atoms with Crippen molar-refractivity contribution in [3.8, 4) is 11.8 Å². The van der Waals surface area contributed by atoms with Gasteiger partial charge in [-0.15, -0.1) is 11.8 Å². The fraction of sp³-hybridized carbons (Fsp3) is 0.250. The highest BCUT2D eigenvalue weighted by atomic mass is 35.5. The number of rotatable bonds is 10. The van der Waals surface area contributed by atoms with Gasteiger partial charge < -0.3 is 14.8 Å². The van der Waals surface area contributed by atoms with Gasteiger partial charge in [0.05, 0.1) is 29.1 Å². The molecular formula is C20H18Cl2N2O4S. The number of ether oxygens (including phenoxy) is 2. The summed E-state index contributed by atoms with van der Waals surface area (Å²) in [6, 6.07) is 14.0. The molecule has 9 heteroatoms. The summed E-state index contributed by atoms with van der Waals surface area (Å²) in [6.45, 7) is -0.119. The van der Waals surface area contributed by atoms with Crippen LogP contribution in [0.5, 0.6) is 5.75 Å². The second kappa shape index (κ2) is 12.2. The number of hydrogen-bond acceptors (Lipinski definition) is 6. The van der Waals surface area contributed by atoms with E-state index < -0.39 is 11.9 Å². The molecule has 0 aliphatic rings. The van der Waals surface area contributed by atoms with Gasteiger partial charge >= 0.3 is 5.97 Å². The molecule has 0 spiro atoms. The Morgan fingerprint density at radius 2 is 1.97 bits per heavy atom. The second-order valence-electron chi connectivity index (χ2n) is 5.68. The molecule has 0 aliphatic heterocycles. The summed E-state index contributed by atoms with van der Waals surface area (Å²) in [5.74, 6) is -0.201. The van der Waals surface area contributed by atoms with Crippen molar-refractivity contribution in [3.63, 3.8) is 0 Å². The number of anilines is 1. The lowest BCUT2D eigenvalue weighted by molar-refractivity contribution is -0.147. The number of nitrogens with zero attached hydrogens (tertiary/aromatic N) is 1. The van der Waals surface area contributed by atoms with Gasteiger partial charge in [0.15, 0.2) is 6.61 Å². The lowest BCUT2D eigenvalue weighted by Gasteiger charge is -2.10. The number of halogens is 2. The number of carbonyl (C=O) groups is 2. The first kappa shape index (κ1) is 22.9. The molecule has 2 rings (SSSR count). The minimum absolute atomic E-state index is 0.104. The van der Waals surface area contributed by atoms with Gasteiger partial charge in [-0.05, 0) is 36.8 Å². The second-order valence-corrected chi connectivity index (χ2v) is 7.54. The monoisotopic (exact) mass is 452 g/mol. The zero-order valence-corrected chi connectivity index (χ0v) is 17.6. The van der Waals surface area contributed by atoms with E-state index >= 15 is 0 Å². The van der Waals surface area contributed by atoms with Crippen LogP contribution in [-0.4, -0.2) is 30.8 Å². The molecular weight excluding hydrogens is 435 g/mol. The van der Waals surface area contributed by atoms with Gasteiger partial charge in [-0.2, -0.15) is 5.26 Å². The van der Waals surface area contributed by atoms with Crippen molar-refractivity contribution in [2.75, 3.05) is 24.3 Å². The first-order chi connectivity index (χ1) is 14.0. The van der Waals surface area contributed by atoms with Crippen LogP contribution < -0.4 is 10.1 Å². The summed E-state index contributed by atoms with van der Waals surface area (Å²) in [6.07, 6.45) is 0.514. The van der Waals surface area contributed by atoms with Crippen molar-refractivity contribution in [1.82, 2.24) is 0 Å². The van der Waals surface area contributed by atoms with E-state index in [4.69, 9.17) is 37.9 Å². The maximum absolute atomic E-state index is 12.0. The van der Waals surface area contributed by atoms with Crippen LogP contribution in [0, 0.1) is 11.3 Å². The highest BCUT2D eigenvalue weighted by Crippen LogP contribution is 2.28. The number of nitriles is 1. The van der Waals surface area contributed by atoms with Crippen molar-refractivity contribution >= 4 is 52.5 Å². The molecule has 29 heavy (non-hydrogen) atoms. The fourth-order valence-electron chi connectivity index (χ4n) is 2.20. The summed E-state index contributed by atoms with van der Waals surface area (Å²) >= 11 is 13.1. The predicted octanol–water partition coefficient (Wildman–Crippen LogP) is 4.95. The highest BCUT2D eigenvalue weighted by Gasteiger charge is 2.11. The number of benzene rings is 2. The van der Waals surface area contributed by atoms with Gasteiger partial charge in [0, 0.05) is 16.3 Å². The molecule has 0 unspecified atom stereocenters. The van der Waals surface area contributed by atoms with E-state index in [0.29, 0.717) is 27.9 Å². The van der Waals surface area contributed by atoms with Gasteiger partial charge in [0.1, 0.15) is 5.75 Å². The number of amides is 1. The Morgan fingerprint density at radius 1 is 1.17 bits per heavy atom. The summed E-state index contributed by atoms with van der Waals surface area (Å²) in [7, 11) is 0. The van der Waals surface area contributed by atoms with Crippen LogP contribution in [0.4, 0.5) is 5.69 Å². The van der Waals surface area contributed by atoms with Gasteiger partial charge in [-0.1, -0.05) is 35.3 Å². The van der Waals surface area contributed by atoms with Crippen molar-refractivity contribution < 1.29 is 19.1 Å². The molecule has 6 nitrogen and oxygen atoms in total. The summed E-state index contributed by atoms with van der Waals surface area (Å²) in [4.78, 5) is 24.6. The number of carbonyl (C=O) groups excluding carboxylic acids is 2. The quantitative estimate of drug-likeness (QED) is 0.311. The highest BCUT2D eigenvalue weighted by molar-refractivity contribution is 7.99. The molecule has 0 atom stereocenters. The summed E-state index contributed by atoms with van der Waals surface area (Å²) in [5.41, 5.74) is 0.571. The molecule has 1 N–H and O–H groups in total. The molecule has 0 radical (unpaired) electrons. The molecule has 0 heterocycles. The fourth-order valence-corrected chi connectivity index (χ4v) is 3.33. The summed E-state index contributed by atoms with van der Waals surface area (Å²) in [5, 5.41) is 12.3. The van der Waals surface area contributed by atoms with Crippen LogP contribution in [0.15, 0.2) is 47.4 Å². The van der Waals surface area contributed by atoms with Crippen molar-refractivity contribution in [3.05, 3.63) is 52.5 Å². The Kier molecular flexibility index (Phi) is 9.65. The average molecular weight is 453 g/mol. The lowest BCUT2D eigenvalue weighted by Crippen LogP contribution is -2.21. The summed E-state index contributed by atoms with van der Waals surface area (Å²) < 4.78 is 10.5. The van der Waals surface area contributed by atoms with E-state index in [0.717, 1.165) is 4.90 Å². The third kappa shape index (κ3) is 8.24. The van der Waals surface area contributed by atoms with E-state index in [1.807, 2.05) is 12.1 Å². The minimum Gasteiger partial charge on any atom is -0.492 e. The van der Waals surface area contributed by atoms with E-state index in [2.05, 4.69) is 5.32 Å². The Labute approximate surface area is 183 Å². The number of para-hydroxylation sites is 1. The molecule has 0 saturated heterocycles. The van der Waals surface area contributed by atoms with Crippen LogP contribution in [0.1, 0.15) is 12.8 Å². The number of nitrogens with one attached hydrogen (secondary N) is 1. The van der Waals surface area contributed by atoms with Gasteiger partial charge in [0.2, 0.25) is 0 Å². The molecule has 0 saturated carbocycles.